The van der Waals surface area contributed by atoms with E-state index in [0.29, 0.717) is 11.3 Å². The van der Waals surface area contributed by atoms with E-state index in [1.165, 1.54) is 17.0 Å². The molecule has 2 amide bonds. The molecule has 2 heterocycles. The number of imide groups is 1. The van der Waals surface area contributed by atoms with Gasteiger partial charge in [-0.3, -0.25) is 19.3 Å². The molecule has 33 heavy (non-hydrogen) atoms. The van der Waals surface area contributed by atoms with Crippen molar-refractivity contribution in [3.63, 3.8) is 0 Å². The van der Waals surface area contributed by atoms with E-state index >= 15 is 0 Å². The predicted molar refractivity (Wildman–Crippen MR) is 126 cm³/mol. The summed E-state index contributed by atoms with van der Waals surface area (Å²) >= 11 is 3.31. The Kier molecular flexibility index (Phi) is 7.35. The van der Waals surface area contributed by atoms with E-state index in [4.69, 9.17) is 4.74 Å². The fourth-order valence-corrected chi connectivity index (χ4v) is 4.52. The zero-order valence-electron chi connectivity index (χ0n) is 18.2. The van der Waals surface area contributed by atoms with Gasteiger partial charge in [-0.05, 0) is 62.3 Å². The smallest absolute Gasteiger partial charge is 0.338 e. The quantitative estimate of drug-likeness (QED) is 0.330. The second kappa shape index (κ2) is 10.4. The summed E-state index contributed by atoms with van der Waals surface area (Å²) in [7, 11) is 0. The minimum absolute atomic E-state index is 0.181. The highest BCUT2D eigenvalue weighted by Crippen LogP contribution is 2.27. The van der Waals surface area contributed by atoms with Crippen LogP contribution in [-0.2, 0) is 14.3 Å². The van der Waals surface area contributed by atoms with Gasteiger partial charge in [-0.15, -0.1) is 0 Å². The number of esters is 1. The van der Waals surface area contributed by atoms with E-state index in [0.717, 1.165) is 43.2 Å². The van der Waals surface area contributed by atoms with Crippen molar-refractivity contribution >= 4 is 45.2 Å². The number of hydrogen-bond acceptors (Lipinski definition) is 6. The molecule has 1 unspecified atom stereocenters. The van der Waals surface area contributed by atoms with Gasteiger partial charge >= 0.3 is 5.97 Å². The number of halogens is 1. The molecule has 7 nitrogen and oxygen atoms in total. The first kappa shape index (κ1) is 23.3. The van der Waals surface area contributed by atoms with Crippen molar-refractivity contribution in [3.8, 4) is 0 Å². The Bertz CT molecular complexity index is 1040. The molecule has 2 aliphatic heterocycles. The third-order valence-corrected chi connectivity index (χ3v) is 6.59. The Labute approximate surface area is 200 Å². The van der Waals surface area contributed by atoms with Gasteiger partial charge in [0.15, 0.2) is 12.4 Å². The van der Waals surface area contributed by atoms with Crippen molar-refractivity contribution in [3.05, 3.63) is 64.1 Å². The number of amides is 2. The second-order valence-corrected chi connectivity index (χ2v) is 9.21. The number of hydrogen-bond donors (Lipinski definition) is 0. The minimum Gasteiger partial charge on any atom is -0.454 e. The summed E-state index contributed by atoms with van der Waals surface area (Å²) < 4.78 is 5.99. The summed E-state index contributed by atoms with van der Waals surface area (Å²) in [5.74, 6) is -1.39. The molecule has 0 saturated carbocycles. The van der Waals surface area contributed by atoms with Crippen molar-refractivity contribution < 1.29 is 23.9 Å². The average Bonchev–Trinajstić information content (AvgIpc) is 2.99. The van der Waals surface area contributed by atoms with Crippen molar-refractivity contribution in [2.75, 3.05) is 24.6 Å². The maximum atomic E-state index is 13.0. The molecule has 0 aromatic heterocycles. The van der Waals surface area contributed by atoms with Gasteiger partial charge in [0.05, 0.1) is 23.7 Å². The fraction of sp³-hybridized carbons (Fsp3) is 0.360. The van der Waals surface area contributed by atoms with Gasteiger partial charge in [0.2, 0.25) is 5.91 Å². The molecule has 4 rings (SSSR count). The predicted octanol–water partition coefficient (Wildman–Crippen LogP) is 4.00. The normalized spacial score (nSPS) is 19.4. The number of Topliss-reactive ketones (excluding diaryl/α,β-unsaturated/α-hetero) is 1. The van der Waals surface area contributed by atoms with Gasteiger partial charge in [0, 0.05) is 10.0 Å². The Hall–Kier alpha value is -2.84. The lowest BCUT2D eigenvalue weighted by molar-refractivity contribution is -0.122. The fourth-order valence-electron chi connectivity index (χ4n) is 4.26. The zero-order chi connectivity index (χ0) is 23.4. The summed E-state index contributed by atoms with van der Waals surface area (Å²) in [5.41, 5.74) is 1.13. The molecule has 0 aliphatic carbocycles. The maximum Gasteiger partial charge on any atom is 0.338 e. The van der Waals surface area contributed by atoms with Crippen LogP contribution in [0.3, 0.4) is 0 Å². The summed E-state index contributed by atoms with van der Waals surface area (Å²) in [6.07, 6.45) is 4.57. The van der Waals surface area contributed by atoms with Crippen LogP contribution in [-0.4, -0.2) is 54.2 Å². The van der Waals surface area contributed by atoms with Gasteiger partial charge in [-0.2, -0.15) is 0 Å². The van der Waals surface area contributed by atoms with Crippen molar-refractivity contribution in [2.24, 2.45) is 0 Å². The van der Waals surface area contributed by atoms with Gasteiger partial charge < -0.3 is 4.74 Å². The number of rotatable bonds is 6. The Balaban J connectivity index is 1.37. The summed E-state index contributed by atoms with van der Waals surface area (Å²) in [4.78, 5) is 53.5. The maximum absolute atomic E-state index is 13.0. The van der Waals surface area contributed by atoms with Gasteiger partial charge in [-0.25, -0.2) is 9.69 Å². The molecule has 172 valence electrons. The second-order valence-electron chi connectivity index (χ2n) is 8.29. The van der Waals surface area contributed by atoms with Crippen LogP contribution in [0.4, 0.5) is 5.69 Å². The number of ether oxygens (including phenoxy) is 1. The molecule has 0 bridgehead atoms. The highest BCUT2D eigenvalue weighted by atomic mass is 79.9. The number of carbonyl (C=O) groups is 4. The average molecular weight is 513 g/mol. The van der Waals surface area contributed by atoms with Crippen LogP contribution >= 0.6 is 15.9 Å². The molecule has 0 spiro atoms. The van der Waals surface area contributed by atoms with E-state index in [-0.39, 0.29) is 36.2 Å². The monoisotopic (exact) mass is 512 g/mol. The lowest BCUT2D eigenvalue weighted by Crippen LogP contribution is -2.42. The van der Waals surface area contributed by atoms with Gasteiger partial charge in [-0.1, -0.05) is 40.9 Å². The lowest BCUT2D eigenvalue weighted by atomic mass is 10.1. The highest BCUT2D eigenvalue weighted by Gasteiger charge is 2.42. The molecule has 1 atom stereocenters. The van der Waals surface area contributed by atoms with Crippen molar-refractivity contribution in [2.45, 2.75) is 38.1 Å². The van der Waals surface area contributed by atoms with Crippen LogP contribution in [0.5, 0.6) is 0 Å². The van der Waals surface area contributed by atoms with E-state index in [1.54, 1.807) is 36.4 Å². The number of anilines is 1. The third-order valence-electron chi connectivity index (χ3n) is 6.07. The third kappa shape index (κ3) is 5.39. The topological polar surface area (TPSA) is 84.0 Å². The number of benzene rings is 2. The molecule has 8 heteroatoms. The van der Waals surface area contributed by atoms with Crippen LogP contribution in [0.1, 0.15) is 52.8 Å². The van der Waals surface area contributed by atoms with Gasteiger partial charge in [0.25, 0.3) is 5.91 Å². The van der Waals surface area contributed by atoms with Crippen molar-refractivity contribution in [1.82, 2.24) is 4.90 Å². The first-order valence-electron chi connectivity index (χ1n) is 11.1. The molecule has 2 aromatic carbocycles. The van der Waals surface area contributed by atoms with Crippen LogP contribution in [0, 0.1) is 0 Å². The minimum atomic E-state index is -0.645. The first-order valence-corrected chi connectivity index (χ1v) is 11.9. The van der Waals surface area contributed by atoms with Crippen molar-refractivity contribution in [1.29, 1.82) is 0 Å². The molecule has 2 aliphatic rings. The van der Waals surface area contributed by atoms with Crippen LogP contribution in [0.2, 0.25) is 0 Å². The first-order chi connectivity index (χ1) is 15.9. The van der Waals surface area contributed by atoms with E-state index in [1.807, 2.05) is 0 Å². The Morgan fingerprint density at radius 1 is 0.879 bits per heavy atom. The zero-order valence-corrected chi connectivity index (χ0v) is 19.8. The summed E-state index contributed by atoms with van der Waals surface area (Å²) in [5, 5.41) is 0. The summed E-state index contributed by atoms with van der Waals surface area (Å²) in [6.45, 7) is 1.30. The van der Waals surface area contributed by atoms with Crippen LogP contribution in [0.15, 0.2) is 53.0 Å². The van der Waals surface area contributed by atoms with Crippen LogP contribution < -0.4 is 4.90 Å². The number of ketones is 1. The molecule has 2 fully saturated rings. The van der Waals surface area contributed by atoms with E-state index in [9.17, 15) is 19.2 Å². The standard InChI is InChI=1S/C25H25BrN2O5/c26-19-9-5-17(6-10-19)22(29)16-33-25(32)18-7-11-20(12-8-18)28-23(30)15-21(24(28)31)27-13-3-1-2-4-14-27/h5-12,21H,1-4,13-16H2. The molecule has 0 radical (unpaired) electrons. The number of likely N-dealkylation sites (tertiary alicyclic amines) is 1. The van der Waals surface area contributed by atoms with Gasteiger partial charge in [0.1, 0.15) is 0 Å². The Morgan fingerprint density at radius 3 is 2.12 bits per heavy atom. The van der Waals surface area contributed by atoms with E-state index < -0.39 is 12.0 Å². The molecular weight excluding hydrogens is 488 g/mol. The Morgan fingerprint density at radius 2 is 1.48 bits per heavy atom. The van der Waals surface area contributed by atoms with E-state index in [2.05, 4.69) is 20.8 Å². The van der Waals surface area contributed by atoms with Crippen LogP contribution in [0.25, 0.3) is 0 Å². The SMILES string of the molecule is O=C(COC(=O)c1ccc(N2C(=O)CC(N3CCCCCC3)C2=O)cc1)c1ccc(Br)cc1. The number of nitrogens with zero attached hydrogens (tertiary/aromatic N) is 2. The number of carbonyl (C=O) groups excluding carboxylic acids is 4. The molecular formula is C25H25BrN2O5. The molecule has 2 saturated heterocycles. The summed E-state index contributed by atoms with van der Waals surface area (Å²) in [6, 6.07) is 12.5. The largest absolute Gasteiger partial charge is 0.454 e. The molecule has 2 aromatic rings. The molecule has 0 N–H and O–H groups in total. The highest BCUT2D eigenvalue weighted by molar-refractivity contribution is 9.10. The lowest BCUT2D eigenvalue weighted by Gasteiger charge is -2.25.